The van der Waals surface area contributed by atoms with Crippen molar-refractivity contribution in [3.63, 3.8) is 0 Å². The number of nitrogens with zero attached hydrogens (tertiary/aromatic N) is 1. The summed E-state index contributed by atoms with van der Waals surface area (Å²) in [5.41, 5.74) is -0.325. The third-order valence-corrected chi connectivity index (χ3v) is 2.03. The molecule has 0 aliphatic carbocycles. The van der Waals surface area contributed by atoms with Crippen molar-refractivity contribution in [3.8, 4) is 0 Å². The fourth-order valence-electron chi connectivity index (χ4n) is 0.937. The Morgan fingerprint density at radius 1 is 1.64 bits per heavy atom. The third-order valence-electron chi connectivity index (χ3n) is 1.69. The normalized spacial score (nSPS) is 11.6. The first kappa shape index (κ1) is 11.0. The molecule has 0 aliphatic heterocycles. The van der Waals surface area contributed by atoms with Crippen LogP contribution < -0.4 is 5.56 Å². The lowest BCUT2D eigenvalue weighted by Crippen LogP contribution is -2.17. The van der Waals surface area contributed by atoms with E-state index in [1.54, 1.807) is 0 Å². The molecule has 0 bridgehead atoms. The Labute approximate surface area is 84.4 Å². The van der Waals surface area contributed by atoms with Gasteiger partial charge in [0, 0.05) is 25.2 Å². The fourth-order valence-corrected chi connectivity index (χ4v) is 1.19. The van der Waals surface area contributed by atoms with Crippen molar-refractivity contribution in [2.75, 3.05) is 0 Å². The van der Waals surface area contributed by atoms with E-state index in [4.69, 9.17) is 12.2 Å². The van der Waals surface area contributed by atoms with Crippen LogP contribution in [-0.4, -0.2) is 15.5 Å². The monoisotopic (exact) mass is 220 g/mol. The van der Waals surface area contributed by atoms with Crippen molar-refractivity contribution in [3.05, 3.63) is 27.4 Å². The van der Waals surface area contributed by atoms with E-state index in [2.05, 4.69) is 4.98 Å². The second-order valence-electron chi connectivity index (χ2n) is 3.12. The highest BCUT2D eigenvalue weighted by atomic mass is 32.1. The maximum atomic E-state index is 12.5. The molecule has 14 heavy (non-hydrogen) atoms. The average molecular weight is 220 g/mol. The number of aromatic amines is 1. The predicted octanol–water partition coefficient (Wildman–Crippen LogP) is 1.95. The van der Waals surface area contributed by atoms with Gasteiger partial charge in [0.15, 0.2) is 4.77 Å². The molecule has 1 aromatic heterocycles. The number of hydrogen-bond donors (Lipinski definition) is 1. The average Bonchev–Trinajstić information content (AvgIpc) is 2.00. The van der Waals surface area contributed by atoms with Crippen LogP contribution in [-0.2, 0) is 6.54 Å². The summed E-state index contributed by atoms with van der Waals surface area (Å²) in [6.45, 7) is 0.946. The quantitative estimate of drug-likeness (QED) is 0.790. The van der Waals surface area contributed by atoms with Crippen molar-refractivity contribution in [1.29, 1.82) is 0 Å². The molecular formula is C8H10F2N2OS. The second-order valence-corrected chi connectivity index (χ2v) is 3.51. The van der Waals surface area contributed by atoms with Crippen LogP contribution in [0.2, 0.25) is 0 Å². The molecule has 0 radical (unpaired) electrons. The maximum Gasteiger partial charge on any atom is 0.251 e. The summed E-state index contributed by atoms with van der Waals surface area (Å²) in [6, 6.07) is 1.25. The van der Waals surface area contributed by atoms with Crippen molar-refractivity contribution in [2.45, 2.75) is 25.8 Å². The molecule has 0 aromatic carbocycles. The zero-order valence-corrected chi connectivity index (χ0v) is 8.41. The molecule has 0 atom stereocenters. The number of hydrogen-bond acceptors (Lipinski definition) is 2. The third kappa shape index (κ3) is 3.37. The van der Waals surface area contributed by atoms with Crippen LogP contribution in [0, 0.1) is 4.77 Å². The Kier molecular flexibility index (Phi) is 3.15. The second kappa shape index (κ2) is 4.00. The summed E-state index contributed by atoms with van der Waals surface area (Å²) in [5, 5.41) is 0. The van der Waals surface area contributed by atoms with Gasteiger partial charge < -0.3 is 4.57 Å². The van der Waals surface area contributed by atoms with Crippen LogP contribution in [0.15, 0.2) is 17.1 Å². The van der Waals surface area contributed by atoms with E-state index in [9.17, 15) is 13.6 Å². The molecule has 1 heterocycles. The topological polar surface area (TPSA) is 37.8 Å². The maximum absolute atomic E-state index is 12.5. The largest absolute Gasteiger partial charge is 0.325 e. The first-order valence-corrected chi connectivity index (χ1v) is 4.47. The number of rotatable bonds is 3. The van der Waals surface area contributed by atoms with Gasteiger partial charge in [-0.25, -0.2) is 8.78 Å². The molecular weight excluding hydrogens is 210 g/mol. The number of aromatic nitrogens is 2. The van der Waals surface area contributed by atoms with E-state index in [1.807, 2.05) is 0 Å². The molecule has 0 saturated carbocycles. The van der Waals surface area contributed by atoms with E-state index < -0.39 is 5.92 Å². The first-order chi connectivity index (χ1) is 6.38. The van der Waals surface area contributed by atoms with Crippen LogP contribution in [0.5, 0.6) is 0 Å². The number of halogens is 2. The molecule has 0 fully saturated rings. The smallest absolute Gasteiger partial charge is 0.251 e. The van der Waals surface area contributed by atoms with Crippen LogP contribution in [0.25, 0.3) is 0 Å². The zero-order valence-electron chi connectivity index (χ0n) is 7.59. The molecule has 0 amide bonds. The summed E-state index contributed by atoms with van der Waals surface area (Å²) < 4.78 is 26.6. The van der Waals surface area contributed by atoms with Crippen molar-refractivity contribution in [2.24, 2.45) is 0 Å². The lowest BCUT2D eigenvalue weighted by Gasteiger charge is -2.11. The van der Waals surface area contributed by atoms with Gasteiger partial charge in [0.25, 0.3) is 5.56 Å². The molecule has 0 aliphatic rings. The van der Waals surface area contributed by atoms with Gasteiger partial charge in [-0.15, -0.1) is 0 Å². The van der Waals surface area contributed by atoms with E-state index in [0.717, 1.165) is 6.92 Å². The Hall–Kier alpha value is -1.04. The summed E-state index contributed by atoms with van der Waals surface area (Å²) >= 11 is 4.79. The van der Waals surface area contributed by atoms with Crippen molar-refractivity contribution < 1.29 is 8.78 Å². The molecule has 0 saturated heterocycles. The predicted molar refractivity (Wildman–Crippen MR) is 51.1 cm³/mol. The standard InChI is InChI=1S/C8H10F2N2OS/c1-8(9,10)3-5-12-4-2-6(13)11-7(12)14/h2,4H,3,5H2,1H3,(H,11,13,14). The van der Waals surface area contributed by atoms with Gasteiger partial charge in [-0.2, -0.15) is 0 Å². The van der Waals surface area contributed by atoms with Crippen LogP contribution in [0.4, 0.5) is 8.78 Å². The molecule has 1 rings (SSSR count). The minimum absolute atomic E-state index is 0.0963. The highest BCUT2D eigenvalue weighted by molar-refractivity contribution is 7.71. The summed E-state index contributed by atoms with van der Waals surface area (Å²) in [7, 11) is 0. The van der Waals surface area contributed by atoms with Gasteiger partial charge >= 0.3 is 0 Å². The SMILES string of the molecule is CC(F)(F)CCn1ccc(=O)[nH]c1=S. The van der Waals surface area contributed by atoms with Gasteiger partial charge in [0.05, 0.1) is 0 Å². The molecule has 78 valence electrons. The number of alkyl halides is 2. The minimum atomic E-state index is -2.72. The highest BCUT2D eigenvalue weighted by Crippen LogP contribution is 2.17. The Morgan fingerprint density at radius 3 is 2.79 bits per heavy atom. The highest BCUT2D eigenvalue weighted by Gasteiger charge is 2.20. The minimum Gasteiger partial charge on any atom is -0.325 e. The molecule has 0 unspecified atom stereocenters. The molecule has 1 N–H and O–H groups in total. The Bertz CT molecular complexity index is 418. The molecule has 1 aromatic rings. The van der Waals surface area contributed by atoms with Gasteiger partial charge in [-0.3, -0.25) is 9.78 Å². The van der Waals surface area contributed by atoms with Gasteiger partial charge in [-0.05, 0) is 19.1 Å². The van der Waals surface area contributed by atoms with Gasteiger partial charge in [0.1, 0.15) is 0 Å². The lowest BCUT2D eigenvalue weighted by molar-refractivity contribution is 0.00849. The summed E-state index contributed by atoms with van der Waals surface area (Å²) in [4.78, 5) is 13.1. The van der Waals surface area contributed by atoms with E-state index >= 15 is 0 Å². The Balaban J connectivity index is 2.79. The van der Waals surface area contributed by atoms with Crippen molar-refractivity contribution in [1.82, 2.24) is 9.55 Å². The summed E-state index contributed by atoms with van der Waals surface area (Å²) in [5.74, 6) is -2.72. The van der Waals surface area contributed by atoms with E-state index in [-0.39, 0.29) is 23.3 Å². The van der Waals surface area contributed by atoms with Crippen LogP contribution in [0.3, 0.4) is 0 Å². The number of aryl methyl sites for hydroxylation is 1. The Morgan fingerprint density at radius 2 is 2.29 bits per heavy atom. The van der Waals surface area contributed by atoms with E-state index in [0.29, 0.717) is 0 Å². The van der Waals surface area contributed by atoms with Crippen molar-refractivity contribution >= 4 is 12.2 Å². The summed E-state index contributed by atoms with van der Waals surface area (Å²) in [6.07, 6.45) is 1.11. The van der Waals surface area contributed by atoms with Crippen LogP contribution in [0.1, 0.15) is 13.3 Å². The fraction of sp³-hybridized carbons (Fsp3) is 0.500. The van der Waals surface area contributed by atoms with Gasteiger partial charge in [0.2, 0.25) is 5.92 Å². The lowest BCUT2D eigenvalue weighted by atomic mass is 10.3. The van der Waals surface area contributed by atoms with E-state index in [1.165, 1.54) is 16.8 Å². The molecule has 6 heteroatoms. The molecule has 0 spiro atoms. The number of H-pyrrole nitrogens is 1. The first-order valence-electron chi connectivity index (χ1n) is 4.06. The molecule has 3 nitrogen and oxygen atoms in total. The number of nitrogens with one attached hydrogen (secondary N) is 1. The van der Waals surface area contributed by atoms with Crippen LogP contribution >= 0.6 is 12.2 Å². The van der Waals surface area contributed by atoms with Gasteiger partial charge in [-0.1, -0.05) is 0 Å². The zero-order chi connectivity index (χ0) is 10.8.